The Morgan fingerprint density at radius 2 is 1.71 bits per heavy atom. The van der Waals surface area contributed by atoms with Gasteiger partial charge in [0.15, 0.2) is 0 Å². The van der Waals surface area contributed by atoms with Crippen molar-refractivity contribution in [2.24, 2.45) is 17.6 Å². The molecule has 0 aromatic heterocycles. The van der Waals surface area contributed by atoms with Crippen LogP contribution in [0.15, 0.2) is 0 Å². The third-order valence-corrected chi connectivity index (χ3v) is 5.76. The van der Waals surface area contributed by atoms with Gasteiger partial charge in [0.2, 0.25) is 17.7 Å². The predicted molar refractivity (Wildman–Crippen MR) is 115 cm³/mol. The first-order valence-electron chi connectivity index (χ1n) is 11.0. The van der Waals surface area contributed by atoms with Crippen LogP contribution in [0.1, 0.15) is 60.3 Å². The summed E-state index contributed by atoms with van der Waals surface area (Å²) in [4.78, 5) is 51.4. The number of carbonyl (C=O) groups excluding carboxylic acids is 3. The van der Waals surface area contributed by atoms with E-state index in [1.807, 2.05) is 27.7 Å². The molecule has 10 nitrogen and oxygen atoms in total. The van der Waals surface area contributed by atoms with Crippen molar-refractivity contribution in [3.63, 3.8) is 0 Å². The Kier molecular flexibility index (Phi) is 10.4. The van der Waals surface area contributed by atoms with Crippen LogP contribution in [-0.4, -0.2) is 75.6 Å². The molecule has 31 heavy (non-hydrogen) atoms. The highest BCUT2D eigenvalue weighted by Crippen LogP contribution is 2.21. The number of nitrogens with one attached hydrogen (secondary N) is 2. The van der Waals surface area contributed by atoms with E-state index in [2.05, 4.69) is 10.6 Å². The molecule has 6 N–H and O–H groups in total. The Labute approximate surface area is 183 Å². The van der Waals surface area contributed by atoms with E-state index >= 15 is 0 Å². The number of hydrogen-bond donors (Lipinski definition) is 5. The molecule has 0 aromatic rings. The maximum Gasteiger partial charge on any atom is 0.326 e. The van der Waals surface area contributed by atoms with E-state index in [-0.39, 0.29) is 11.8 Å². The summed E-state index contributed by atoms with van der Waals surface area (Å²) in [6.45, 7) is 9.18. The Bertz CT molecular complexity index is 654. The van der Waals surface area contributed by atoms with Crippen LogP contribution in [0.5, 0.6) is 0 Å². The second-order valence-electron chi connectivity index (χ2n) is 8.86. The van der Waals surface area contributed by atoms with Crippen LogP contribution in [0, 0.1) is 11.8 Å². The van der Waals surface area contributed by atoms with Crippen molar-refractivity contribution >= 4 is 23.7 Å². The molecule has 1 heterocycles. The Morgan fingerprint density at radius 3 is 2.19 bits per heavy atom. The minimum atomic E-state index is -1.18. The normalized spacial score (nSPS) is 21.2. The van der Waals surface area contributed by atoms with Crippen molar-refractivity contribution in [1.29, 1.82) is 0 Å². The molecule has 1 aliphatic heterocycles. The topological polar surface area (TPSA) is 162 Å². The standard InChI is InChI=1S/C21H38N4O6/c1-6-12(4)17(20(29)25-9-7-8-15(25)21(30)31)24-18(27)14(10-11(2)3)23-19(28)16(22)13(5)26/h11-17,26H,6-10,22H2,1-5H3,(H,23,28)(H,24,27)(H,30,31). The van der Waals surface area contributed by atoms with Crippen molar-refractivity contribution in [1.82, 2.24) is 15.5 Å². The molecule has 6 unspecified atom stereocenters. The van der Waals surface area contributed by atoms with Gasteiger partial charge in [-0.05, 0) is 38.0 Å². The van der Waals surface area contributed by atoms with E-state index in [0.717, 1.165) is 0 Å². The van der Waals surface area contributed by atoms with Crippen LogP contribution in [0.2, 0.25) is 0 Å². The highest BCUT2D eigenvalue weighted by Gasteiger charge is 2.40. The van der Waals surface area contributed by atoms with E-state index in [9.17, 15) is 29.4 Å². The van der Waals surface area contributed by atoms with Crippen molar-refractivity contribution in [2.75, 3.05) is 6.54 Å². The van der Waals surface area contributed by atoms with Gasteiger partial charge in [-0.3, -0.25) is 14.4 Å². The van der Waals surface area contributed by atoms with Gasteiger partial charge in [0.1, 0.15) is 24.2 Å². The number of carboxylic acids is 1. The lowest BCUT2D eigenvalue weighted by Gasteiger charge is -2.32. The summed E-state index contributed by atoms with van der Waals surface area (Å²) >= 11 is 0. The van der Waals surface area contributed by atoms with Crippen LogP contribution in [0.3, 0.4) is 0 Å². The van der Waals surface area contributed by atoms with Crippen LogP contribution >= 0.6 is 0 Å². The number of likely N-dealkylation sites (tertiary alicyclic amines) is 1. The van der Waals surface area contributed by atoms with Crippen molar-refractivity contribution in [3.05, 3.63) is 0 Å². The van der Waals surface area contributed by atoms with E-state index in [0.29, 0.717) is 32.2 Å². The molecule has 6 atom stereocenters. The molecular formula is C21H38N4O6. The molecule has 3 amide bonds. The molecule has 1 rings (SSSR count). The zero-order chi connectivity index (χ0) is 23.9. The maximum absolute atomic E-state index is 13.2. The van der Waals surface area contributed by atoms with Crippen molar-refractivity contribution < 1.29 is 29.4 Å². The first-order valence-corrected chi connectivity index (χ1v) is 11.0. The quantitative estimate of drug-likeness (QED) is 0.297. The highest BCUT2D eigenvalue weighted by molar-refractivity contribution is 5.94. The zero-order valence-corrected chi connectivity index (χ0v) is 19.1. The Morgan fingerprint density at radius 1 is 1.10 bits per heavy atom. The summed E-state index contributed by atoms with van der Waals surface area (Å²) in [5.74, 6) is -2.86. The van der Waals surface area contributed by atoms with Gasteiger partial charge in [-0.1, -0.05) is 34.1 Å². The van der Waals surface area contributed by atoms with Gasteiger partial charge in [-0.2, -0.15) is 0 Å². The number of carbonyl (C=O) groups is 4. The SMILES string of the molecule is CCC(C)C(NC(=O)C(CC(C)C)NC(=O)C(N)C(C)O)C(=O)N1CCCC1C(=O)O. The number of carboxylic acid groups (broad SMARTS) is 1. The second kappa shape index (κ2) is 12.0. The lowest BCUT2D eigenvalue weighted by atomic mass is 9.96. The molecule has 1 aliphatic rings. The number of hydrogen-bond acceptors (Lipinski definition) is 6. The molecule has 0 saturated carbocycles. The van der Waals surface area contributed by atoms with E-state index in [1.54, 1.807) is 0 Å². The molecular weight excluding hydrogens is 404 g/mol. The average molecular weight is 443 g/mol. The number of amides is 3. The van der Waals surface area contributed by atoms with Gasteiger partial charge in [0.25, 0.3) is 0 Å². The Hall–Kier alpha value is -2.20. The fourth-order valence-electron chi connectivity index (χ4n) is 3.59. The number of nitrogens with two attached hydrogens (primary N) is 1. The molecule has 0 aliphatic carbocycles. The fraction of sp³-hybridized carbons (Fsp3) is 0.810. The van der Waals surface area contributed by atoms with Crippen LogP contribution in [0.25, 0.3) is 0 Å². The van der Waals surface area contributed by atoms with Crippen LogP contribution in [0.4, 0.5) is 0 Å². The highest BCUT2D eigenvalue weighted by atomic mass is 16.4. The van der Waals surface area contributed by atoms with Gasteiger partial charge in [0, 0.05) is 6.54 Å². The zero-order valence-electron chi connectivity index (χ0n) is 19.1. The van der Waals surface area contributed by atoms with E-state index < -0.39 is 54.0 Å². The third kappa shape index (κ3) is 7.46. The second-order valence-corrected chi connectivity index (χ2v) is 8.86. The van der Waals surface area contributed by atoms with E-state index in [1.165, 1.54) is 11.8 Å². The minimum Gasteiger partial charge on any atom is -0.480 e. The van der Waals surface area contributed by atoms with Crippen LogP contribution in [-0.2, 0) is 19.2 Å². The molecule has 1 fully saturated rings. The smallest absolute Gasteiger partial charge is 0.326 e. The van der Waals surface area contributed by atoms with Gasteiger partial charge in [-0.25, -0.2) is 4.79 Å². The summed E-state index contributed by atoms with van der Waals surface area (Å²) in [6, 6.07) is -3.93. The number of aliphatic hydroxyl groups excluding tert-OH is 1. The van der Waals surface area contributed by atoms with Crippen molar-refractivity contribution in [3.8, 4) is 0 Å². The maximum atomic E-state index is 13.2. The van der Waals surface area contributed by atoms with Crippen LogP contribution < -0.4 is 16.4 Å². The average Bonchev–Trinajstić information content (AvgIpc) is 3.19. The summed E-state index contributed by atoms with van der Waals surface area (Å²) in [5.41, 5.74) is 5.67. The molecule has 0 radical (unpaired) electrons. The summed E-state index contributed by atoms with van der Waals surface area (Å²) in [7, 11) is 0. The molecule has 178 valence electrons. The number of nitrogens with zero attached hydrogens (tertiary/aromatic N) is 1. The monoisotopic (exact) mass is 442 g/mol. The fourth-order valence-corrected chi connectivity index (χ4v) is 3.59. The first-order chi connectivity index (χ1) is 14.4. The summed E-state index contributed by atoms with van der Waals surface area (Å²) in [5, 5.41) is 24.3. The Balaban J connectivity index is 3.04. The largest absolute Gasteiger partial charge is 0.480 e. The molecule has 1 saturated heterocycles. The molecule has 0 aromatic carbocycles. The minimum absolute atomic E-state index is 0.0616. The lowest BCUT2D eigenvalue weighted by molar-refractivity contribution is -0.150. The summed E-state index contributed by atoms with van der Waals surface area (Å²) in [6.07, 6.45) is 0.794. The molecule has 10 heteroatoms. The first kappa shape index (κ1) is 26.8. The van der Waals surface area contributed by atoms with Crippen molar-refractivity contribution in [2.45, 2.75) is 90.6 Å². The van der Waals surface area contributed by atoms with Gasteiger partial charge >= 0.3 is 5.97 Å². The number of aliphatic carboxylic acids is 1. The number of aliphatic hydroxyl groups is 1. The predicted octanol–water partition coefficient (Wildman–Crippen LogP) is -0.168. The lowest BCUT2D eigenvalue weighted by Crippen LogP contribution is -2.59. The van der Waals surface area contributed by atoms with Gasteiger partial charge in [0.05, 0.1) is 6.10 Å². The van der Waals surface area contributed by atoms with E-state index in [4.69, 9.17) is 5.73 Å². The molecule has 0 spiro atoms. The summed E-state index contributed by atoms with van der Waals surface area (Å²) < 4.78 is 0. The molecule has 0 bridgehead atoms. The third-order valence-electron chi connectivity index (χ3n) is 5.76. The van der Waals surface area contributed by atoms with Gasteiger partial charge in [-0.15, -0.1) is 0 Å². The number of rotatable bonds is 11. The van der Waals surface area contributed by atoms with Gasteiger partial charge < -0.3 is 31.5 Å².